The number of hydrogen-bond donors (Lipinski definition) is 0. The van der Waals surface area contributed by atoms with Crippen LogP contribution >= 0.6 is 15.9 Å². The van der Waals surface area contributed by atoms with Gasteiger partial charge in [-0.05, 0) is 30.6 Å². The summed E-state index contributed by atoms with van der Waals surface area (Å²) in [6, 6.07) is 0. The number of rotatable bonds is 1. The normalized spacial score (nSPS) is 48.3. The summed E-state index contributed by atoms with van der Waals surface area (Å²) >= 11 is 3.56. The molecule has 9 heavy (non-hydrogen) atoms. The Labute approximate surface area is 65.1 Å². The second-order valence-corrected chi connectivity index (χ2v) is 4.15. The summed E-state index contributed by atoms with van der Waals surface area (Å²) in [4.78, 5) is 0. The number of alkyl halides is 1. The van der Waals surface area contributed by atoms with Crippen molar-refractivity contribution in [2.24, 2.45) is 17.8 Å². The highest BCUT2D eigenvalue weighted by Gasteiger charge is 2.42. The van der Waals surface area contributed by atoms with Gasteiger partial charge in [0.15, 0.2) is 0 Å². The molecule has 2 fully saturated rings. The van der Waals surface area contributed by atoms with E-state index in [1.54, 1.807) is 0 Å². The van der Waals surface area contributed by atoms with E-state index >= 15 is 0 Å². The molecule has 52 valence electrons. The predicted octanol–water partition coefficient (Wildman–Crippen LogP) is 2.82. The van der Waals surface area contributed by atoms with Crippen molar-refractivity contribution in [2.75, 3.05) is 5.33 Å². The van der Waals surface area contributed by atoms with Crippen LogP contribution in [-0.2, 0) is 0 Å². The van der Waals surface area contributed by atoms with Crippen molar-refractivity contribution in [3.8, 4) is 0 Å². The average Bonchev–Trinajstić information content (AvgIpc) is 2.14. The first-order valence-electron chi connectivity index (χ1n) is 3.98. The Morgan fingerprint density at radius 3 is 2.89 bits per heavy atom. The molecule has 3 unspecified atom stereocenters. The standard InChI is InChI=1S/C8H13Br/c9-5-7-4-6-2-1-3-8(6)7/h6-8H,1-5H2. The molecule has 0 amide bonds. The summed E-state index contributed by atoms with van der Waals surface area (Å²) in [6.07, 6.45) is 6.10. The average molecular weight is 189 g/mol. The highest BCUT2D eigenvalue weighted by Crippen LogP contribution is 2.51. The molecule has 2 aliphatic carbocycles. The molecule has 0 spiro atoms. The third-order valence-electron chi connectivity index (χ3n) is 3.13. The van der Waals surface area contributed by atoms with Crippen LogP contribution in [-0.4, -0.2) is 5.33 Å². The molecule has 1 heteroatoms. The van der Waals surface area contributed by atoms with E-state index in [2.05, 4.69) is 15.9 Å². The molecule has 0 radical (unpaired) electrons. The molecular formula is C8H13Br. The summed E-state index contributed by atoms with van der Waals surface area (Å²) in [5, 5.41) is 1.26. The van der Waals surface area contributed by atoms with Crippen molar-refractivity contribution in [3.63, 3.8) is 0 Å². The fourth-order valence-corrected chi connectivity index (χ4v) is 3.27. The Bertz CT molecular complexity index is 111. The molecule has 2 rings (SSSR count). The molecule has 3 atom stereocenters. The molecule has 0 N–H and O–H groups in total. The van der Waals surface area contributed by atoms with Gasteiger partial charge in [0.2, 0.25) is 0 Å². The summed E-state index contributed by atoms with van der Waals surface area (Å²) < 4.78 is 0. The van der Waals surface area contributed by atoms with Crippen molar-refractivity contribution in [2.45, 2.75) is 25.7 Å². The number of halogens is 1. The Kier molecular flexibility index (Phi) is 1.56. The van der Waals surface area contributed by atoms with Crippen molar-refractivity contribution in [1.82, 2.24) is 0 Å². The van der Waals surface area contributed by atoms with E-state index in [0.717, 1.165) is 17.8 Å². The quantitative estimate of drug-likeness (QED) is 0.556. The molecule has 2 saturated carbocycles. The smallest absolute Gasteiger partial charge is 0.00625 e. The first-order chi connectivity index (χ1) is 4.42. The minimum atomic E-state index is 1.05. The second-order valence-electron chi connectivity index (χ2n) is 3.50. The maximum Gasteiger partial charge on any atom is 0.00625 e. The van der Waals surface area contributed by atoms with Crippen LogP contribution < -0.4 is 0 Å². The molecule has 0 saturated heterocycles. The van der Waals surface area contributed by atoms with Gasteiger partial charge in [-0.25, -0.2) is 0 Å². The molecule has 0 aromatic carbocycles. The molecule has 0 nitrogen and oxygen atoms in total. The lowest BCUT2D eigenvalue weighted by atomic mass is 9.68. The van der Waals surface area contributed by atoms with Crippen LogP contribution in [0.15, 0.2) is 0 Å². The van der Waals surface area contributed by atoms with Crippen LogP contribution in [0, 0.1) is 17.8 Å². The van der Waals surface area contributed by atoms with Gasteiger partial charge in [0, 0.05) is 5.33 Å². The second kappa shape index (κ2) is 2.26. The molecule has 0 aliphatic heterocycles. The van der Waals surface area contributed by atoms with Crippen LogP contribution in [0.4, 0.5) is 0 Å². The van der Waals surface area contributed by atoms with Crippen molar-refractivity contribution in [3.05, 3.63) is 0 Å². The topological polar surface area (TPSA) is 0 Å². The Morgan fingerprint density at radius 1 is 1.33 bits per heavy atom. The van der Waals surface area contributed by atoms with Crippen LogP contribution in [0.1, 0.15) is 25.7 Å². The van der Waals surface area contributed by atoms with Gasteiger partial charge in [-0.15, -0.1) is 0 Å². The van der Waals surface area contributed by atoms with Gasteiger partial charge < -0.3 is 0 Å². The van der Waals surface area contributed by atoms with E-state index in [1.807, 2.05) is 0 Å². The van der Waals surface area contributed by atoms with Gasteiger partial charge in [-0.3, -0.25) is 0 Å². The Morgan fingerprint density at radius 2 is 2.22 bits per heavy atom. The van der Waals surface area contributed by atoms with Crippen LogP contribution in [0.5, 0.6) is 0 Å². The minimum absolute atomic E-state index is 1.05. The lowest BCUT2D eigenvalue weighted by molar-refractivity contribution is 0.125. The van der Waals surface area contributed by atoms with E-state index in [-0.39, 0.29) is 0 Å². The van der Waals surface area contributed by atoms with Gasteiger partial charge in [-0.1, -0.05) is 28.8 Å². The zero-order chi connectivity index (χ0) is 6.27. The van der Waals surface area contributed by atoms with Gasteiger partial charge >= 0.3 is 0 Å². The van der Waals surface area contributed by atoms with E-state index in [0.29, 0.717) is 0 Å². The fraction of sp³-hybridized carbons (Fsp3) is 1.00. The van der Waals surface area contributed by atoms with E-state index in [1.165, 1.54) is 31.0 Å². The monoisotopic (exact) mass is 188 g/mol. The molecule has 2 aliphatic rings. The van der Waals surface area contributed by atoms with Crippen molar-refractivity contribution < 1.29 is 0 Å². The van der Waals surface area contributed by atoms with Gasteiger partial charge in [-0.2, -0.15) is 0 Å². The van der Waals surface area contributed by atoms with E-state index in [4.69, 9.17) is 0 Å². The SMILES string of the molecule is BrCC1CC2CCCC12. The first-order valence-corrected chi connectivity index (χ1v) is 5.10. The third-order valence-corrected chi connectivity index (χ3v) is 3.96. The number of fused-ring (bicyclic) bond motifs is 1. The highest BCUT2D eigenvalue weighted by molar-refractivity contribution is 9.09. The first kappa shape index (κ1) is 6.21. The molecule has 0 aromatic heterocycles. The summed E-state index contributed by atoms with van der Waals surface area (Å²) in [7, 11) is 0. The minimum Gasteiger partial charge on any atom is -0.0925 e. The van der Waals surface area contributed by atoms with Crippen LogP contribution in [0.3, 0.4) is 0 Å². The van der Waals surface area contributed by atoms with Crippen LogP contribution in [0.2, 0.25) is 0 Å². The third kappa shape index (κ3) is 0.849. The molecule has 0 aromatic rings. The highest BCUT2D eigenvalue weighted by atomic mass is 79.9. The largest absolute Gasteiger partial charge is 0.0925 e. The van der Waals surface area contributed by atoms with Gasteiger partial charge in [0.1, 0.15) is 0 Å². The van der Waals surface area contributed by atoms with Gasteiger partial charge in [0.25, 0.3) is 0 Å². The zero-order valence-corrected chi connectivity index (χ0v) is 7.23. The summed E-state index contributed by atoms with van der Waals surface area (Å²) in [6.45, 7) is 0. The zero-order valence-electron chi connectivity index (χ0n) is 5.65. The summed E-state index contributed by atoms with van der Waals surface area (Å²) in [5.41, 5.74) is 0. The molecular weight excluding hydrogens is 176 g/mol. The lowest BCUT2D eigenvalue weighted by Crippen LogP contribution is -2.33. The maximum absolute atomic E-state index is 3.56. The fourth-order valence-electron chi connectivity index (χ4n) is 2.52. The Balaban J connectivity index is 1.93. The van der Waals surface area contributed by atoms with Crippen molar-refractivity contribution in [1.29, 1.82) is 0 Å². The van der Waals surface area contributed by atoms with Crippen LogP contribution in [0.25, 0.3) is 0 Å². The Hall–Kier alpha value is 0.480. The molecule has 0 bridgehead atoms. The molecule has 0 heterocycles. The lowest BCUT2D eigenvalue weighted by Gasteiger charge is -2.39. The summed E-state index contributed by atoms with van der Waals surface area (Å²) in [5.74, 6) is 3.33. The maximum atomic E-state index is 3.56. The predicted molar refractivity (Wildman–Crippen MR) is 42.7 cm³/mol. The number of hydrogen-bond acceptors (Lipinski definition) is 0. The van der Waals surface area contributed by atoms with Gasteiger partial charge in [0.05, 0.1) is 0 Å². The van der Waals surface area contributed by atoms with Crippen molar-refractivity contribution >= 4 is 15.9 Å². The van der Waals surface area contributed by atoms with E-state index in [9.17, 15) is 0 Å². The van der Waals surface area contributed by atoms with E-state index < -0.39 is 0 Å².